The molecule has 7 heteroatoms. The van der Waals surface area contributed by atoms with Gasteiger partial charge in [0.15, 0.2) is 5.82 Å². The van der Waals surface area contributed by atoms with Gasteiger partial charge in [-0.2, -0.15) is 5.10 Å². The Labute approximate surface area is 150 Å². The van der Waals surface area contributed by atoms with E-state index in [0.717, 1.165) is 39.2 Å². The first-order chi connectivity index (χ1) is 12.1. The molecule has 0 amide bonds. The molecule has 4 rings (SSSR count). The van der Waals surface area contributed by atoms with E-state index in [4.69, 9.17) is 4.74 Å². The standard InChI is InChI=1S/C18H19N5OS/c1-12(2)8-22-9-14(7-19-22)4-5-16-6-15-10-24-11-17-21-20-13(3)23(17)18(15)25-16/h6-7,9,12H,8,10-11H2,1-3H3. The number of thiophene rings is 1. The van der Waals surface area contributed by atoms with Gasteiger partial charge < -0.3 is 4.74 Å². The van der Waals surface area contributed by atoms with Crippen LogP contribution in [0.4, 0.5) is 0 Å². The fraction of sp³-hybridized carbons (Fsp3) is 0.389. The molecule has 3 aromatic heterocycles. The zero-order valence-electron chi connectivity index (χ0n) is 14.5. The van der Waals surface area contributed by atoms with Crippen LogP contribution in [0.1, 0.15) is 41.5 Å². The minimum atomic E-state index is 0.484. The van der Waals surface area contributed by atoms with Gasteiger partial charge in [-0.25, -0.2) is 0 Å². The van der Waals surface area contributed by atoms with Gasteiger partial charge in [-0.05, 0) is 18.9 Å². The van der Waals surface area contributed by atoms with Crippen molar-refractivity contribution in [3.05, 3.63) is 46.1 Å². The largest absolute Gasteiger partial charge is 0.369 e. The van der Waals surface area contributed by atoms with Crippen molar-refractivity contribution in [1.82, 2.24) is 24.5 Å². The molecule has 0 unspecified atom stereocenters. The van der Waals surface area contributed by atoms with E-state index in [9.17, 15) is 0 Å². The highest BCUT2D eigenvalue weighted by atomic mass is 32.1. The summed E-state index contributed by atoms with van der Waals surface area (Å²) in [6, 6.07) is 2.10. The van der Waals surface area contributed by atoms with Gasteiger partial charge in [0, 0.05) is 18.3 Å². The molecule has 6 nitrogen and oxygen atoms in total. The van der Waals surface area contributed by atoms with Gasteiger partial charge in [0.1, 0.15) is 17.4 Å². The predicted molar refractivity (Wildman–Crippen MR) is 95.5 cm³/mol. The molecule has 0 radical (unpaired) electrons. The van der Waals surface area contributed by atoms with E-state index in [2.05, 4.69) is 51.6 Å². The summed E-state index contributed by atoms with van der Waals surface area (Å²) in [5.74, 6) is 8.74. The third kappa shape index (κ3) is 3.23. The van der Waals surface area contributed by atoms with Crippen LogP contribution in [-0.4, -0.2) is 24.5 Å². The number of nitrogens with zero attached hydrogens (tertiary/aromatic N) is 5. The molecular weight excluding hydrogens is 334 g/mol. The number of ether oxygens (including phenoxy) is 1. The molecule has 0 spiro atoms. The first-order valence-corrected chi connectivity index (χ1v) is 9.08. The SMILES string of the molecule is Cc1nnc2n1-c1sc(C#Cc3cnn(CC(C)C)c3)cc1COC2. The highest BCUT2D eigenvalue weighted by Gasteiger charge is 2.20. The van der Waals surface area contributed by atoms with Gasteiger partial charge in [0.05, 0.1) is 23.2 Å². The molecule has 0 bridgehead atoms. The Morgan fingerprint density at radius 3 is 3.00 bits per heavy atom. The minimum Gasteiger partial charge on any atom is -0.369 e. The Kier molecular flexibility index (Phi) is 4.15. The number of hydrogen-bond donors (Lipinski definition) is 0. The third-order valence-electron chi connectivity index (χ3n) is 3.89. The minimum absolute atomic E-state index is 0.484. The van der Waals surface area contributed by atoms with Gasteiger partial charge >= 0.3 is 0 Å². The Hall–Kier alpha value is -2.43. The van der Waals surface area contributed by atoms with E-state index in [1.54, 1.807) is 11.3 Å². The van der Waals surface area contributed by atoms with Gasteiger partial charge in [0.2, 0.25) is 0 Å². The van der Waals surface area contributed by atoms with Gasteiger partial charge in [0.25, 0.3) is 0 Å². The zero-order valence-corrected chi connectivity index (χ0v) is 15.3. The molecule has 0 aliphatic carbocycles. The van der Waals surface area contributed by atoms with E-state index in [0.29, 0.717) is 19.1 Å². The maximum Gasteiger partial charge on any atom is 0.164 e. The van der Waals surface area contributed by atoms with Gasteiger partial charge in [-0.1, -0.05) is 25.7 Å². The summed E-state index contributed by atoms with van der Waals surface area (Å²) in [4.78, 5) is 1.01. The van der Waals surface area contributed by atoms with Crippen molar-refractivity contribution in [2.45, 2.75) is 40.5 Å². The van der Waals surface area contributed by atoms with Crippen LogP contribution in [0.3, 0.4) is 0 Å². The van der Waals surface area contributed by atoms with Crippen molar-refractivity contribution in [2.24, 2.45) is 5.92 Å². The van der Waals surface area contributed by atoms with Gasteiger partial charge in [-0.15, -0.1) is 21.5 Å². The van der Waals surface area contributed by atoms with E-state index in [-0.39, 0.29) is 0 Å². The predicted octanol–water partition coefficient (Wildman–Crippen LogP) is 2.92. The average molecular weight is 353 g/mol. The zero-order chi connectivity index (χ0) is 17.4. The number of aromatic nitrogens is 5. The van der Waals surface area contributed by atoms with E-state index in [1.807, 2.05) is 24.0 Å². The second-order valence-electron chi connectivity index (χ2n) is 6.53. The Morgan fingerprint density at radius 2 is 2.16 bits per heavy atom. The lowest BCUT2D eigenvalue weighted by molar-refractivity contribution is 0.105. The summed E-state index contributed by atoms with van der Waals surface area (Å²) in [7, 11) is 0. The van der Waals surface area contributed by atoms with Crippen LogP contribution in [0, 0.1) is 24.7 Å². The Morgan fingerprint density at radius 1 is 1.28 bits per heavy atom. The van der Waals surface area contributed by atoms with Crippen LogP contribution >= 0.6 is 11.3 Å². The number of rotatable bonds is 2. The lowest BCUT2D eigenvalue weighted by Gasteiger charge is -2.02. The summed E-state index contributed by atoms with van der Waals surface area (Å²) in [6.45, 7) is 8.27. The summed E-state index contributed by atoms with van der Waals surface area (Å²) in [5.41, 5.74) is 2.06. The fourth-order valence-electron chi connectivity index (χ4n) is 2.83. The number of aryl methyl sites for hydroxylation is 1. The average Bonchev–Trinajstić information content (AvgIpc) is 3.23. The summed E-state index contributed by atoms with van der Waals surface area (Å²) in [6.07, 6.45) is 3.82. The molecule has 4 heterocycles. The van der Waals surface area contributed by atoms with Crippen LogP contribution in [0.2, 0.25) is 0 Å². The Bertz CT molecular complexity index is 969. The van der Waals surface area contributed by atoms with Crippen molar-refractivity contribution in [3.8, 4) is 16.8 Å². The molecule has 0 saturated carbocycles. The third-order valence-corrected chi connectivity index (χ3v) is 4.96. The molecule has 0 saturated heterocycles. The number of hydrogen-bond acceptors (Lipinski definition) is 5. The van der Waals surface area contributed by atoms with Gasteiger partial charge in [-0.3, -0.25) is 9.25 Å². The summed E-state index contributed by atoms with van der Waals surface area (Å²) >= 11 is 1.65. The van der Waals surface area contributed by atoms with Crippen molar-refractivity contribution in [3.63, 3.8) is 0 Å². The second kappa shape index (κ2) is 6.47. The maximum atomic E-state index is 5.70. The molecular formula is C18H19N5OS. The van der Waals surface area contributed by atoms with Crippen LogP contribution in [0.25, 0.3) is 5.00 Å². The van der Waals surface area contributed by atoms with Crippen LogP contribution in [0.5, 0.6) is 0 Å². The normalized spacial score (nSPS) is 13.1. The molecule has 0 atom stereocenters. The first-order valence-electron chi connectivity index (χ1n) is 8.26. The van der Waals surface area contributed by atoms with Crippen molar-refractivity contribution in [1.29, 1.82) is 0 Å². The first kappa shape index (κ1) is 16.1. The van der Waals surface area contributed by atoms with Crippen molar-refractivity contribution < 1.29 is 4.74 Å². The molecule has 1 aliphatic heterocycles. The van der Waals surface area contributed by atoms with Crippen molar-refractivity contribution in [2.75, 3.05) is 0 Å². The molecule has 0 aromatic carbocycles. The Balaban J connectivity index is 1.63. The van der Waals surface area contributed by atoms with E-state index in [1.165, 1.54) is 0 Å². The quantitative estimate of drug-likeness (QED) is 0.665. The molecule has 128 valence electrons. The van der Waals surface area contributed by atoms with E-state index >= 15 is 0 Å². The highest BCUT2D eigenvalue weighted by Crippen LogP contribution is 2.31. The fourth-order valence-corrected chi connectivity index (χ4v) is 3.91. The van der Waals surface area contributed by atoms with Crippen LogP contribution in [-0.2, 0) is 24.5 Å². The molecule has 25 heavy (non-hydrogen) atoms. The maximum absolute atomic E-state index is 5.70. The number of fused-ring (bicyclic) bond motifs is 3. The molecule has 1 aliphatic rings. The second-order valence-corrected chi connectivity index (χ2v) is 7.56. The summed E-state index contributed by atoms with van der Waals surface area (Å²) in [5, 5.41) is 13.8. The highest BCUT2D eigenvalue weighted by molar-refractivity contribution is 7.15. The molecule has 0 N–H and O–H groups in total. The lowest BCUT2D eigenvalue weighted by Crippen LogP contribution is -2.03. The smallest absolute Gasteiger partial charge is 0.164 e. The van der Waals surface area contributed by atoms with E-state index < -0.39 is 0 Å². The van der Waals surface area contributed by atoms with Crippen LogP contribution in [0.15, 0.2) is 18.5 Å². The van der Waals surface area contributed by atoms with Crippen LogP contribution < -0.4 is 0 Å². The summed E-state index contributed by atoms with van der Waals surface area (Å²) < 4.78 is 9.71. The monoisotopic (exact) mass is 353 g/mol. The van der Waals surface area contributed by atoms with Crippen molar-refractivity contribution >= 4 is 11.3 Å². The molecule has 3 aromatic rings. The topological polar surface area (TPSA) is 57.8 Å². The molecule has 0 fully saturated rings. The lowest BCUT2D eigenvalue weighted by atomic mass is 10.2.